The van der Waals surface area contributed by atoms with Gasteiger partial charge < -0.3 is 29.4 Å². The van der Waals surface area contributed by atoms with Crippen molar-refractivity contribution in [3.8, 4) is 0 Å². The van der Waals surface area contributed by atoms with Gasteiger partial charge in [-0.1, -0.05) is 47.8 Å². The van der Waals surface area contributed by atoms with E-state index in [1.54, 1.807) is 13.8 Å². The van der Waals surface area contributed by atoms with E-state index in [2.05, 4.69) is 53.1 Å². The molecule has 0 radical (unpaired) electrons. The summed E-state index contributed by atoms with van der Waals surface area (Å²) in [5, 5.41) is 11.0. The molecule has 0 aliphatic carbocycles. The molecule has 0 spiro atoms. The third kappa shape index (κ3) is 14.6. The molecule has 0 aromatic heterocycles. The topological polar surface area (TPSA) is 155 Å². The van der Waals surface area contributed by atoms with Crippen LogP contribution in [0.25, 0.3) is 0 Å². The maximum Gasteiger partial charge on any atom is 0.330 e. The number of carboxylic acid groups (broad SMARTS) is 1. The van der Waals surface area contributed by atoms with Crippen LogP contribution < -0.4 is 5.32 Å². The summed E-state index contributed by atoms with van der Waals surface area (Å²) in [6.07, 6.45) is -0.268. The molecule has 0 aliphatic heterocycles. The van der Waals surface area contributed by atoms with Crippen LogP contribution in [0.1, 0.15) is 48.0 Å². The Morgan fingerprint density at radius 1 is 0.743 bits per heavy atom. The number of hydrogen-bond acceptors (Lipinski definition) is 9. The van der Waals surface area contributed by atoms with Gasteiger partial charge in [-0.3, -0.25) is 24.0 Å². The molecule has 0 aliphatic rings. The van der Waals surface area contributed by atoms with E-state index in [0.717, 1.165) is 0 Å². The molecule has 0 unspecified atom stereocenters. The number of carbonyl (C=O) groups excluding carboxylic acids is 4. The molecular formula is C21H30Br3NO10. The molecule has 0 heterocycles. The minimum atomic E-state index is -1.15. The summed E-state index contributed by atoms with van der Waals surface area (Å²) < 4.78 is 17.8. The predicted molar refractivity (Wildman–Crippen MR) is 135 cm³/mol. The van der Waals surface area contributed by atoms with Crippen molar-refractivity contribution in [1.82, 2.24) is 5.32 Å². The van der Waals surface area contributed by atoms with E-state index in [-0.39, 0.29) is 18.5 Å². The summed E-state index contributed by atoms with van der Waals surface area (Å²) in [6, 6.07) is 0. The van der Waals surface area contributed by atoms with Gasteiger partial charge in [0.25, 0.3) is 5.95 Å². The number of carboxylic acids is 1. The van der Waals surface area contributed by atoms with E-state index in [4.69, 9.17) is 24.1 Å². The Hall–Kier alpha value is -1.51. The first kappa shape index (κ1) is 33.5. The molecule has 0 bridgehead atoms. The minimum Gasteiger partial charge on any atom is -0.481 e. The van der Waals surface area contributed by atoms with Crippen molar-refractivity contribution in [2.24, 2.45) is 0 Å². The first-order valence-corrected chi connectivity index (χ1v) is 12.6. The van der Waals surface area contributed by atoms with Crippen LogP contribution >= 0.6 is 47.8 Å². The van der Waals surface area contributed by atoms with E-state index in [0.29, 0.717) is 0 Å². The number of esters is 3. The fraction of sp³-hybridized carbons (Fsp3) is 0.667. The van der Waals surface area contributed by atoms with Crippen LogP contribution in [0.4, 0.5) is 0 Å². The van der Waals surface area contributed by atoms with Crippen LogP contribution in [0.3, 0.4) is 0 Å². The molecule has 200 valence electrons. The normalized spacial score (nSPS) is 11.8. The van der Waals surface area contributed by atoms with Crippen molar-refractivity contribution in [1.29, 1.82) is 0 Å². The van der Waals surface area contributed by atoms with Gasteiger partial charge >= 0.3 is 23.9 Å². The smallest absolute Gasteiger partial charge is 0.330 e. The van der Waals surface area contributed by atoms with E-state index < -0.39 is 68.5 Å². The van der Waals surface area contributed by atoms with Crippen LogP contribution in [0.2, 0.25) is 0 Å². The fourth-order valence-electron chi connectivity index (χ4n) is 1.69. The summed E-state index contributed by atoms with van der Waals surface area (Å²) in [6.45, 7) is 7.63. The van der Waals surface area contributed by atoms with Gasteiger partial charge in [-0.15, -0.1) is 0 Å². The number of rotatable bonds is 14. The number of nitrogens with one attached hydrogen (secondary N) is 1. The van der Waals surface area contributed by atoms with Gasteiger partial charge in [-0.2, -0.15) is 0 Å². The van der Waals surface area contributed by atoms with Crippen molar-refractivity contribution in [3.05, 3.63) is 11.5 Å². The van der Waals surface area contributed by atoms with Gasteiger partial charge in [0.15, 0.2) is 0 Å². The number of aliphatic carboxylic acids is 1. The lowest BCUT2D eigenvalue weighted by Gasteiger charge is -2.22. The molecule has 0 fully saturated rings. The van der Waals surface area contributed by atoms with Gasteiger partial charge in [-0.05, 0) is 41.5 Å². The second-order valence-electron chi connectivity index (χ2n) is 8.65. The van der Waals surface area contributed by atoms with Gasteiger partial charge in [-0.25, -0.2) is 0 Å². The Labute approximate surface area is 229 Å². The number of hydrogen-bond donors (Lipinski definition) is 2. The summed E-state index contributed by atoms with van der Waals surface area (Å²) in [5.74, 6) is -4.55. The highest BCUT2D eigenvalue weighted by Gasteiger charge is 2.34. The summed E-state index contributed by atoms with van der Waals surface area (Å²) in [7, 11) is 0. The molecule has 2 N–H and O–H groups in total. The first-order chi connectivity index (χ1) is 15.7. The lowest BCUT2D eigenvalue weighted by Crippen LogP contribution is -2.33. The Balaban J connectivity index is 5.88. The molecule has 0 atom stereocenters. The van der Waals surface area contributed by atoms with Crippen molar-refractivity contribution in [3.63, 3.8) is 0 Å². The second-order valence-corrected chi connectivity index (χ2v) is 14.6. The van der Waals surface area contributed by atoms with E-state index in [1.807, 2.05) is 0 Å². The molecular weight excluding hydrogens is 666 g/mol. The Kier molecular flexibility index (Phi) is 13.7. The van der Waals surface area contributed by atoms with Gasteiger partial charge in [0.1, 0.15) is 26.2 Å². The highest BCUT2D eigenvalue weighted by atomic mass is 79.9. The molecule has 11 nitrogen and oxygen atoms in total. The summed E-state index contributed by atoms with van der Waals surface area (Å²) in [5.41, 5.74) is -0.0522. The first-order valence-electron chi connectivity index (χ1n) is 10.2. The zero-order valence-corrected chi connectivity index (χ0v) is 25.0. The minimum absolute atomic E-state index is 0.0522. The molecule has 0 aromatic rings. The van der Waals surface area contributed by atoms with Crippen molar-refractivity contribution in [2.45, 2.75) is 60.9 Å². The molecule has 14 heteroatoms. The maximum atomic E-state index is 12.5. The maximum absolute atomic E-state index is 12.5. The molecule has 35 heavy (non-hydrogen) atoms. The van der Waals surface area contributed by atoms with Crippen molar-refractivity contribution >= 4 is 77.6 Å². The lowest BCUT2D eigenvalue weighted by molar-refractivity contribution is -0.157. The zero-order chi connectivity index (χ0) is 27.6. The number of halogens is 3. The standard InChI is InChI=1S/C21H30Br3NO10/c1-19(2,22)16(29)33-10-12(9-32-11-13(26)25-8-7-14(27)28)15(34-17(30)20(3,4)23)35-18(31)21(5,6)24/h7-11H2,1-6H3,(H,25,26)(H,27,28). The number of ether oxygens (including phenoxy) is 4. The lowest BCUT2D eigenvalue weighted by atomic mass is 10.2. The average Bonchev–Trinajstić information content (AvgIpc) is 2.67. The molecule has 0 saturated heterocycles. The number of carbonyl (C=O) groups is 5. The van der Waals surface area contributed by atoms with Crippen LogP contribution in [-0.4, -0.2) is 74.2 Å². The third-order valence-corrected chi connectivity index (χ3v) is 4.63. The number of amides is 1. The number of alkyl halides is 3. The van der Waals surface area contributed by atoms with Crippen LogP contribution in [-0.2, 0) is 42.9 Å². The molecule has 0 rings (SSSR count). The quantitative estimate of drug-likeness (QED) is 0.158. The van der Waals surface area contributed by atoms with Crippen LogP contribution in [0.15, 0.2) is 11.5 Å². The largest absolute Gasteiger partial charge is 0.481 e. The Morgan fingerprint density at radius 2 is 1.20 bits per heavy atom. The predicted octanol–water partition coefficient (Wildman–Crippen LogP) is 2.96. The van der Waals surface area contributed by atoms with Crippen LogP contribution in [0, 0.1) is 0 Å². The highest BCUT2D eigenvalue weighted by Crippen LogP contribution is 2.25. The van der Waals surface area contributed by atoms with Gasteiger partial charge in [0, 0.05) is 6.54 Å². The highest BCUT2D eigenvalue weighted by molar-refractivity contribution is 9.10. The summed E-state index contributed by atoms with van der Waals surface area (Å²) >= 11 is 9.48. The fourth-order valence-corrected chi connectivity index (χ4v) is 1.96. The molecule has 0 saturated carbocycles. The Morgan fingerprint density at radius 3 is 1.60 bits per heavy atom. The van der Waals surface area contributed by atoms with E-state index in [1.165, 1.54) is 27.7 Å². The Bertz CT molecular complexity index is 806. The molecule has 0 aromatic carbocycles. The monoisotopic (exact) mass is 693 g/mol. The van der Waals surface area contributed by atoms with E-state index in [9.17, 15) is 24.0 Å². The second kappa shape index (κ2) is 14.3. The summed E-state index contributed by atoms with van der Waals surface area (Å²) in [4.78, 5) is 59.6. The average molecular weight is 696 g/mol. The van der Waals surface area contributed by atoms with Gasteiger partial charge in [0.2, 0.25) is 5.91 Å². The molecule has 1 amide bonds. The van der Waals surface area contributed by atoms with Crippen molar-refractivity contribution < 1.29 is 48.0 Å². The zero-order valence-electron chi connectivity index (χ0n) is 20.3. The van der Waals surface area contributed by atoms with Crippen molar-refractivity contribution in [2.75, 3.05) is 26.4 Å². The van der Waals surface area contributed by atoms with E-state index >= 15 is 0 Å². The SMILES string of the molecule is CC(C)(Br)C(=O)OCC(COCC(=O)NCCC(=O)O)=C(OC(=O)C(C)(C)Br)OC(=O)C(C)(C)Br. The third-order valence-electron chi connectivity index (χ3n) is 3.66. The van der Waals surface area contributed by atoms with Crippen LogP contribution in [0.5, 0.6) is 0 Å². The van der Waals surface area contributed by atoms with Gasteiger partial charge in [0.05, 0.1) is 18.6 Å².